The van der Waals surface area contributed by atoms with Crippen LogP contribution in [0.4, 0.5) is 13.2 Å². The second-order valence-corrected chi connectivity index (χ2v) is 8.27. The molecule has 2 aromatic carbocycles. The Morgan fingerprint density at radius 2 is 1.78 bits per heavy atom. The van der Waals surface area contributed by atoms with Crippen LogP contribution in [-0.4, -0.2) is 11.9 Å². The number of fused-ring (bicyclic) bond motifs is 1. The molecule has 0 fully saturated rings. The van der Waals surface area contributed by atoms with Crippen LogP contribution in [0.15, 0.2) is 47.6 Å². The van der Waals surface area contributed by atoms with Crippen molar-refractivity contribution in [3.63, 3.8) is 0 Å². The maximum absolute atomic E-state index is 14.1. The van der Waals surface area contributed by atoms with E-state index in [2.05, 4.69) is 5.16 Å². The quantitative estimate of drug-likeness (QED) is 0.425. The van der Waals surface area contributed by atoms with E-state index in [1.807, 2.05) is 31.2 Å². The van der Waals surface area contributed by atoms with Gasteiger partial charge in [0, 0.05) is 20.3 Å². The van der Waals surface area contributed by atoms with E-state index in [9.17, 15) is 13.2 Å². The van der Waals surface area contributed by atoms with E-state index < -0.39 is 18.2 Å². The van der Waals surface area contributed by atoms with Gasteiger partial charge in [-0.1, -0.05) is 46.6 Å². The third-order valence-electron chi connectivity index (χ3n) is 4.62. The summed E-state index contributed by atoms with van der Waals surface area (Å²) in [5, 5.41) is 5.05. The van der Waals surface area contributed by atoms with Gasteiger partial charge in [0.05, 0.1) is 11.3 Å². The molecule has 0 aliphatic carbocycles. The number of hydrogen-bond donors (Lipinski definition) is 0. The van der Waals surface area contributed by atoms with Crippen molar-refractivity contribution in [3.8, 4) is 0 Å². The molecule has 1 aliphatic heterocycles. The highest BCUT2D eigenvalue weighted by Crippen LogP contribution is 2.50. The van der Waals surface area contributed by atoms with Gasteiger partial charge < -0.3 is 4.84 Å². The molecule has 140 valence electrons. The summed E-state index contributed by atoms with van der Waals surface area (Å²) in [4.78, 5) is 5.76. The SMILES string of the molecule is Cc1c(C2=NOC(c3cc(Cl)cc(Cl)c3)(C(F)(F)F)C2)sc2ccccc12. The fraction of sp³-hybridized carbons (Fsp3) is 0.211. The maximum Gasteiger partial charge on any atom is 0.435 e. The highest BCUT2D eigenvalue weighted by Gasteiger charge is 2.62. The molecule has 0 N–H and O–H groups in total. The zero-order valence-electron chi connectivity index (χ0n) is 13.9. The summed E-state index contributed by atoms with van der Waals surface area (Å²) >= 11 is 13.3. The summed E-state index contributed by atoms with van der Waals surface area (Å²) in [5.74, 6) is 0. The number of benzene rings is 2. The molecule has 0 saturated carbocycles. The van der Waals surface area contributed by atoms with Crippen LogP contribution in [0, 0.1) is 6.92 Å². The molecule has 4 rings (SSSR count). The molecule has 0 bridgehead atoms. The summed E-state index contributed by atoms with van der Waals surface area (Å²) in [5.41, 5.74) is -1.62. The Morgan fingerprint density at radius 3 is 2.41 bits per heavy atom. The Labute approximate surface area is 167 Å². The van der Waals surface area contributed by atoms with Crippen LogP contribution in [0.5, 0.6) is 0 Å². The Hall–Kier alpha value is -1.76. The molecule has 3 aromatic rings. The number of oxime groups is 1. The molecule has 0 amide bonds. The normalized spacial score (nSPS) is 20.0. The minimum atomic E-state index is -4.70. The van der Waals surface area contributed by atoms with E-state index in [1.165, 1.54) is 29.5 Å². The number of alkyl halides is 3. The zero-order valence-corrected chi connectivity index (χ0v) is 16.2. The zero-order chi connectivity index (χ0) is 19.4. The molecule has 8 heteroatoms. The largest absolute Gasteiger partial charge is 0.435 e. The first-order chi connectivity index (χ1) is 12.7. The molecule has 0 spiro atoms. The van der Waals surface area contributed by atoms with Crippen LogP contribution in [-0.2, 0) is 10.4 Å². The van der Waals surface area contributed by atoms with Crippen LogP contribution in [0.1, 0.15) is 22.4 Å². The second kappa shape index (κ2) is 6.40. The minimum absolute atomic E-state index is 0.108. The fourth-order valence-corrected chi connectivity index (χ4v) is 4.98. The van der Waals surface area contributed by atoms with Gasteiger partial charge >= 0.3 is 6.18 Å². The van der Waals surface area contributed by atoms with Gasteiger partial charge in [-0.2, -0.15) is 13.2 Å². The first-order valence-electron chi connectivity index (χ1n) is 7.98. The highest BCUT2D eigenvalue weighted by molar-refractivity contribution is 7.21. The Morgan fingerprint density at radius 1 is 1.11 bits per heavy atom. The molecule has 1 aliphatic rings. The average Bonchev–Trinajstić information content (AvgIpc) is 3.17. The van der Waals surface area contributed by atoms with E-state index in [0.29, 0.717) is 4.88 Å². The summed E-state index contributed by atoms with van der Waals surface area (Å²) in [7, 11) is 0. The topological polar surface area (TPSA) is 21.6 Å². The smallest absolute Gasteiger partial charge is 0.374 e. The molecular formula is C19H12Cl2F3NOS. The summed E-state index contributed by atoms with van der Waals surface area (Å²) in [6.07, 6.45) is -5.14. The van der Waals surface area contributed by atoms with E-state index in [-0.39, 0.29) is 21.3 Å². The standard InChI is InChI=1S/C19H12Cl2F3NOS/c1-10-14-4-2-3-5-16(14)27-17(10)15-9-18(26-25-15,19(22,23)24)11-6-12(20)8-13(21)7-11/h2-8H,9H2,1H3. The molecule has 1 unspecified atom stereocenters. The van der Waals surface area contributed by atoms with Crippen LogP contribution in [0.25, 0.3) is 10.1 Å². The third kappa shape index (κ3) is 3.00. The summed E-state index contributed by atoms with van der Waals surface area (Å²) in [6.45, 7) is 1.88. The lowest BCUT2D eigenvalue weighted by Gasteiger charge is -2.29. The van der Waals surface area contributed by atoms with Gasteiger partial charge in [-0.3, -0.25) is 0 Å². The molecule has 1 aromatic heterocycles. The van der Waals surface area contributed by atoms with Crippen molar-refractivity contribution in [3.05, 3.63) is 68.5 Å². The van der Waals surface area contributed by atoms with E-state index in [4.69, 9.17) is 28.0 Å². The Kier molecular flexibility index (Phi) is 4.41. The van der Waals surface area contributed by atoms with Crippen LogP contribution in [0.3, 0.4) is 0 Å². The molecule has 2 heterocycles. The minimum Gasteiger partial charge on any atom is -0.374 e. The van der Waals surface area contributed by atoms with Gasteiger partial charge in [0.1, 0.15) is 5.71 Å². The van der Waals surface area contributed by atoms with Crippen LogP contribution >= 0.6 is 34.5 Å². The van der Waals surface area contributed by atoms with Crippen molar-refractivity contribution in [2.75, 3.05) is 0 Å². The lowest BCUT2D eigenvalue weighted by atomic mass is 9.87. The van der Waals surface area contributed by atoms with Crippen molar-refractivity contribution in [2.24, 2.45) is 5.16 Å². The Bertz CT molecular complexity index is 1060. The van der Waals surface area contributed by atoms with Gasteiger partial charge in [-0.05, 0) is 42.1 Å². The molecular weight excluding hydrogens is 418 g/mol. The predicted octanol–water partition coefficient (Wildman–Crippen LogP) is 7.10. The second-order valence-electron chi connectivity index (χ2n) is 6.34. The van der Waals surface area contributed by atoms with Crippen molar-refractivity contribution in [1.29, 1.82) is 0 Å². The molecule has 0 radical (unpaired) electrons. The lowest BCUT2D eigenvalue weighted by molar-refractivity contribution is -0.275. The van der Waals surface area contributed by atoms with E-state index in [1.54, 1.807) is 0 Å². The highest BCUT2D eigenvalue weighted by atomic mass is 35.5. The average molecular weight is 430 g/mol. The monoisotopic (exact) mass is 429 g/mol. The number of nitrogens with zero attached hydrogens (tertiary/aromatic N) is 1. The maximum atomic E-state index is 14.1. The molecule has 0 saturated heterocycles. The number of hydrogen-bond acceptors (Lipinski definition) is 3. The van der Waals surface area contributed by atoms with Gasteiger partial charge in [-0.25, -0.2) is 0 Å². The first kappa shape index (κ1) is 18.6. The van der Waals surface area contributed by atoms with Gasteiger partial charge in [0.25, 0.3) is 5.60 Å². The fourth-order valence-electron chi connectivity index (χ4n) is 3.26. The molecule has 1 atom stereocenters. The van der Waals surface area contributed by atoms with Crippen molar-refractivity contribution < 1.29 is 18.0 Å². The number of rotatable bonds is 2. The number of aryl methyl sites for hydroxylation is 1. The summed E-state index contributed by atoms with van der Waals surface area (Å²) in [6, 6.07) is 11.5. The third-order valence-corrected chi connectivity index (χ3v) is 6.38. The first-order valence-corrected chi connectivity index (χ1v) is 9.55. The van der Waals surface area contributed by atoms with Crippen LogP contribution < -0.4 is 0 Å². The van der Waals surface area contributed by atoms with E-state index >= 15 is 0 Å². The predicted molar refractivity (Wildman–Crippen MR) is 103 cm³/mol. The summed E-state index contributed by atoms with van der Waals surface area (Å²) < 4.78 is 43.2. The van der Waals surface area contributed by atoms with Crippen molar-refractivity contribution in [1.82, 2.24) is 0 Å². The van der Waals surface area contributed by atoms with Gasteiger partial charge in [0.15, 0.2) is 0 Å². The van der Waals surface area contributed by atoms with Crippen molar-refractivity contribution in [2.45, 2.75) is 25.1 Å². The number of halogens is 5. The molecule has 27 heavy (non-hydrogen) atoms. The molecule has 2 nitrogen and oxygen atoms in total. The lowest BCUT2D eigenvalue weighted by Crippen LogP contribution is -2.42. The van der Waals surface area contributed by atoms with E-state index in [0.717, 1.165) is 15.6 Å². The number of thiophene rings is 1. The van der Waals surface area contributed by atoms with Crippen LogP contribution in [0.2, 0.25) is 10.0 Å². The van der Waals surface area contributed by atoms with Gasteiger partial charge in [-0.15, -0.1) is 11.3 Å². The Balaban J connectivity index is 1.81. The van der Waals surface area contributed by atoms with Crippen molar-refractivity contribution >= 4 is 50.3 Å². The van der Waals surface area contributed by atoms with Gasteiger partial charge in [0.2, 0.25) is 0 Å².